The number of nitrogens with zero attached hydrogens (tertiary/aromatic N) is 4. The molecule has 51 heavy (non-hydrogen) atoms. The molecule has 7 nitrogen and oxygen atoms in total. The maximum atomic E-state index is 15.4. The van der Waals surface area contributed by atoms with E-state index in [-0.39, 0.29) is 36.0 Å². The SMILES string of the molecule is CN1CCN(CCN(C)Cc2ccc(-c3cc4nccc(Oc5ccc(CC(=O)C6(C(=O)Cc7ccc(F)cc7)CC6)cc5F)c4s3)cc2)CC1. The first-order chi connectivity index (χ1) is 24.6. The summed E-state index contributed by atoms with van der Waals surface area (Å²) < 4.78 is 35.5. The molecule has 3 aromatic carbocycles. The molecule has 5 aromatic rings. The molecule has 0 spiro atoms. The van der Waals surface area contributed by atoms with E-state index >= 15 is 4.39 Å². The number of thiophene rings is 1. The standard InChI is InChI=1S/C41H42F2N4O3S/c1-45-17-20-47(21-18-45)22-19-46(2)27-29-3-8-31(9-4-29)37-26-34-40(51-37)36(13-16-44-34)50-35-12-7-30(23-33(35)43)25-39(49)41(14-15-41)38(48)24-28-5-10-32(42)11-6-28/h3-13,16,23,26H,14-15,17-22,24-25,27H2,1-2H3. The van der Waals surface area contributed by atoms with E-state index < -0.39 is 11.2 Å². The smallest absolute Gasteiger partial charge is 0.166 e. The number of ketones is 2. The van der Waals surface area contributed by atoms with Crippen molar-refractivity contribution in [2.75, 3.05) is 53.4 Å². The van der Waals surface area contributed by atoms with Crippen LogP contribution in [-0.4, -0.2) is 84.6 Å². The van der Waals surface area contributed by atoms with Gasteiger partial charge in [0, 0.05) is 75.8 Å². The third kappa shape index (κ3) is 8.25. The number of piperazine rings is 1. The summed E-state index contributed by atoms with van der Waals surface area (Å²) in [6.07, 6.45) is 2.63. The van der Waals surface area contributed by atoms with Gasteiger partial charge in [-0.1, -0.05) is 42.5 Å². The third-order valence-electron chi connectivity index (χ3n) is 10.1. The van der Waals surface area contributed by atoms with Crippen molar-refractivity contribution in [3.05, 3.63) is 113 Å². The lowest BCUT2D eigenvalue weighted by atomic mass is 9.88. The van der Waals surface area contributed by atoms with Gasteiger partial charge in [-0.3, -0.25) is 19.5 Å². The van der Waals surface area contributed by atoms with Gasteiger partial charge in [0.2, 0.25) is 0 Å². The average Bonchev–Trinajstić information content (AvgIpc) is 3.83. The number of ether oxygens (including phenoxy) is 1. The van der Waals surface area contributed by atoms with Gasteiger partial charge in [0.25, 0.3) is 0 Å². The van der Waals surface area contributed by atoms with E-state index in [1.807, 2.05) is 6.07 Å². The van der Waals surface area contributed by atoms with Crippen LogP contribution in [0.1, 0.15) is 29.5 Å². The summed E-state index contributed by atoms with van der Waals surface area (Å²) in [5.74, 6) is -0.811. The molecule has 1 aliphatic heterocycles. The number of pyridine rings is 1. The molecule has 1 saturated carbocycles. The molecule has 10 heteroatoms. The Morgan fingerprint density at radius 2 is 1.51 bits per heavy atom. The molecule has 264 valence electrons. The normalized spacial score (nSPS) is 16.1. The second-order valence-electron chi connectivity index (χ2n) is 14.0. The van der Waals surface area contributed by atoms with Crippen molar-refractivity contribution >= 4 is 33.1 Å². The summed E-state index contributed by atoms with van der Waals surface area (Å²) in [5, 5.41) is 0. The highest BCUT2D eigenvalue weighted by Gasteiger charge is 2.54. The van der Waals surface area contributed by atoms with Crippen molar-refractivity contribution in [1.29, 1.82) is 0 Å². The van der Waals surface area contributed by atoms with Crippen LogP contribution < -0.4 is 4.74 Å². The fourth-order valence-electron chi connectivity index (χ4n) is 6.69. The van der Waals surface area contributed by atoms with E-state index in [0.29, 0.717) is 29.7 Å². The number of halogens is 2. The van der Waals surface area contributed by atoms with Crippen molar-refractivity contribution in [1.82, 2.24) is 19.7 Å². The first kappa shape index (κ1) is 35.1. The van der Waals surface area contributed by atoms with Crippen LogP contribution in [0.4, 0.5) is 8.78 Å². The highest BCUT2D eigenvalue weighted by atomic mass is 32.1. The zero-order chi connectivity index (χ0) is 35.5. The largest absolute Gasteiger partial charge is 0.453 e. The fourth-order valence-corrected chi connectivity index (χ4v) is 7.76. The van der Waals surface area contributed by atoms with Crippen molar-refractivity contribution in [2.24, 2.45) is 5.41 Å². The number of rotatable bonds is 14. The number of hydrogen-bond acceptors (Lipinski definition) is 8. The number of hydrogen-bond donors (Lipinski definition) is 0. The monoisotopic (exact) mass is 708 g/mol. The molecule has 2 aromatic heterocycles. The van der Waals surface area contributed by atoms with E-state index in [1.165, 1.54) is 29.8 Å². The summed E-state index contributed by atoms with van der Waals surface area (Å²) in [5.41, 5.74) is 3.21. The number of likely N-dealkylation sites (N-methyl/N-ethyl adjacent to an activating group) is 2. The average molecular weight is 709 g/mol. The first-order valence-electron chi connectivity index (χ1n) is 17.5. The minimum atomic E-state index is -1.04. The molecule has 0 N–H and O–H groups in total. The maximum Gasteiger partial charge on any atom is 0.166 e. The zero-order valence-corrected chi connectivity index (χ0v) is 29.9. The van der Waals surface area contributed by atoms with Crippen LogP contribution in [0.2, 0.25) is 0 Å². The quantitative estimate of drug-likeness (QED) is 0.111. The predicted molar refractivity (Wildman–Crippen MR) is 197 cm³/mol. The summed E-state index contributed by atoms with van der Waals surface area (Å²) >= 11 is 1.55. The van der Waals surface area contributed by atoms with Crippen molar-refractivity contribution < 1.29 is 23.1 Å². The molecule has 7 rings (SSSR count). The van der Waals surface area contributed by atoms with E-state index in [1.54, 1.807) is 41.8 Å². The Morgan fingerprint density at radius 1 is 0.843 bits per heavy atom. The van der Waals surface area contributed by atoms with E-state index in [4.69, 9.17) is 4.74 Å². The van der Waals surface area contributed by atoms with Crippen molar-refractivity contribution in [3.8, 4) is 21.9 Å². The summed E-state index contributed by atoms with van der Waals surface area (Å²) in [4.78, 5) is 39.2. The topological polar surface area (TPSA) is 66.0 Å². The zero-order valence-electron chi connectivity index (χ0n) is 29.0. The highest BCUT2D eigenvalue weighted by molar-refractivity contribution is 7.22. The van der Waals surface area contributed by atoms with Crippen molar-refractivity contribution in [3.63, 3.8) is 0 Å². The molecular formula is C41H42F2N4O3S. The molecule has 0 atom stereocenters. The summed E-state index contributed by atoms with van der Waals surface area (Å²) in [6, 6.07) is 22.6. The minimum absolute atomic E-state index is 0.0447. The lowest BCUT2D eigenvalue weighted by Crippen LogP contribution is -2.46. The van der Waals surface area contributed by atoms with Gasteiger partial charge < -0.3 is 14.5 Å². The highest BCUT2D eigenvalue weighted by Crippen LogP contribution is 2.49. The molecule has 1 saturated heterocycles. The molecule has 0 amide bonds. The molecule has 3 heterocycles. The minimum Gasteiger partial charge on any atom is -0.453 e. The van der Waals surface area contributed by atoms with Gasteiger partial charge in [0.05, 0.1) is 15.6 Å². The van der Waals surface area contributed by atoms with E-state index in [9.17, 15) is 14.0 Å². The Bertz CT molecular complexity index is 2020. The van der Waals surface area contributed by atoms with Crippen LogP contribution in [0.15, 0.2) is 85.1 Å². The van der Waals surface area contributed by atoms with Gasteiger partial charge in [0.15, 0.2) is 23.1 Å². The van der Waals surface area contributed by atoms with Gasteiger partial charge in [-0.05, 0) is 79.5 Å². The summed E-state index contributed by atoms with van der Waals surface area (Å²) in [6.45, 7) is 7.52. The van der Waals surface area contributed by atoms with Crippen LogP contribution in [0.3, 0.4) is 0 Å². The molecule has 2 aliphatic rings. The Balaban J connectivity index is 0.968. The van der Waals surface area contributed by atoms with Crippen molar-refractivity contribution in [2.45, 2.75) is 32.2 Å². The fraction of sp³-hybridized carbons (Fsp3) is 0.341. The molecule has 0 radical (unpaired) electrons. The first-order valence-corrected chi connectivity index (χ1v) is 18.3. The Kier molecular flexibility index (Phi) is 10.4. The second-order valence-corrected chi connectivity index (χ2v) is 15.0. The van der Waals surface area contributed by atoms with Gasteiger partial charge in [-0.2, -0.15) is 0 Å². The van der Waals surface area contributed by atoms with E-state index in [0.717, 1.165) is 66.5 Å². The molecular weight excluding hydrogens is 667 g/mol. The van der Waals surface area contributed by atoms with Crippen LogP contribution in [0, 0.1) is 17.0 Å². The Labute approximate surface area is 301 Å². The lowest BCUT2D eigenvalue weighted by molar-refractivity contribution is -0.133. The number of carbonyl (C=O) groups excluding carboxylic acids is 2. The van der Waals surface area contributed by atoms with Crippen LogP contribution in [0.5, 0.6) is 11.5 Å². The van der Waals surface area contributed by atoms with Gasteiger partial charge in [-0.15, -0.1) is 11.3 Å². The predicted octanol–water partition coefficient (Wildman–Crippen LogP) is 7.42. The third-order valence-corrected chi connectivity index (χ3v) is 11.3. The number of fused-ring (bicyclic) bond motifs is 1. The van der Waals surface area contributed by atoms with Gasteiger partial charge in [-0.25, -0.2) is 8.78 Å². The lowest BCUT2D eigenvalue weighted by Gasteiger charge is -2.33. The van der Waals surface area contributed by atoms with Crippen LogP contribution in [0.25, 0.3) is 20.7 Å². The van der Waals surface area contributed by atoms with E-state index in [2.05, 4.69) is 58.0 Å². The van der Waals surface area contributed by atoms with Crippen LogP contribution >= 0.6 is 11.3 Å². The Morgan fingerprint density at radius 3 is 2.20 bits per heavy atom. The summed E-state index contributed by atoms with van der Waals surface area (Å²) in [7, 11) is 4.35. The van der Waals surface area contributed by atoms with Gasteiger partial charge >= 0.3 is 0 Å². The van der Waals surface area contributed by atoms with Gasteiger partial charge in [0.1, 0.15) is 11.6 Å². The maximum absolute atomic E-state index is 15.4. The second kappa shape index (κ2) is 15.1. The van der Waals surface area contributed by atoms with Crippen LogP contribution in [-0.2, 0) is 29.0 Å². The molecule has 1 aliphatic carbocycles. The molecule has 0 bridgehead atoms. The number of carbonyl (C=O) groups is 2. The number of Topliss-reactive ketones (excluding diaryl/α,β-unsaturated/α-hetero) is 2. The number of aromatic nitrogens is 1. The molecule has 0 unspecified atom stereocenters. The number of benzene rings is 3. The molecule has 2 fully saturated rings. The Hall–Kier alpha value is -4.35.